The predicted octanol–water partition coefficient (Wildman–Crippen LogP) is 4.23. The lowest BCUT2D eigenvalue weighted by molar-refractivity contribution is -0.126. The predicted molar refractivity (Wildman–Crippen MR) is 137 cm³/mol. The summed E-state index contributed by atoms with van der Waals surface area (Å²) in [6.45, 7) is 3.32. The first-order chi connectivity index (χ1) is 17.0. The third kappa shape index (κ3) is 4.48. The average Bonchev–Trinajstić information content (AvgIpc) is 3.51. The molecule has 35 heavy (non-hydrogen) atoms. The van der Waals surface area contributed by atoms with E-state index < -0.39 is 5.41 Å². The highest BCUT2D eigenvalue weighted by Crippen LogP contribution is 2.41. The lowest BCUT2D eigenvalue weighted by Crippen LogP contribution is -2.43. The minimum absolute atomic E-state index is 0.0299. The fourth-order valence-corrected chi connectivity index (χ4v) is 5.21. The number of benzene rings is 2. The number of aryl methyl sites for hydroxylation is 1. The molecule has 5 rings (SSSR count). The second kappa shape index (κ2) is 9.66. The number of nitrogens with one attached hydrogen (secondary N) is 1. The average molecular weight is 490 g/mol. The molecule has 2 heterocycles. The Hall–Kier alpha value is -3.45. The summed E-state index contributed by atoms with van der Waals surface area (Å²) < 4.78 is 3.28. The smallest absolute Gasteiger partial charge is 0.264 e. The van der Waals surface area contributed by atoms with E-state index in [1.54, 1.807) is 21.8 Å². The standard InChI is InChI=1S/C27H28ClN5O2/c1-19-6-2-3-7-20(19)17-32-18-30-24-23(25(32)34)16-31-33(24)15-14-29-26(35)27(12-4-5-13-27)21-8-10-22(28)11-9-21/h2-3,6-11,16,18H,4-5,12-15,17H2,1H3,(H,29,35). The molecule has 2 aromatic heterocycles. The van der Waals surface area contributed by atoms with Crippen molar-refractivity contribution in [1.29, 1.82) is 0 Å². The van der Waals surface area contributed by atoms with Gasteiger partial charge in [-0.3, -0.25) is 14.2 Å². The summed E-state index contributed by atoms with van der Waals surface area (Å²) in [5.41, 5.74) is 3.10. The Bertz CT molecular complexity index is 1420. The molecule has 1 saturated carbocycles. The van der Waals surface area contributed by atoms with Crippen LogP contribution in [0.3, 0.4) is 0 Å². The molecule has 0 atom stereocenters. The lowest BCUT2D eigenvalue weighted by atomic mass is 9.78. The van der Waals surface area contributed by atoms with Crippen molar-refractivity contribution in [1.82, 2.24) is 24.6 Å². The number of carbonyl (C=O) groups is 1. The minimum Gasteiger partial charge on any atom is -0.353 e. The maximum Gasteiger partial charge on any atom is 0.264 e. The van der Waals surface area contributed by atoms with Crippen LogP contribution in [-0.2, 0) is 23.3 Å². The van der Waals surface area contributed by atoms with E-state index in [1.165, 1.54) is 0 Å². The zero-order chi connectivity index (χ0) is 24.4. The van der Waals surface area contributed by atoms with E-state index in [1.807, 2.05) is 55.5 Å². The van der Waals surface area contributed by atoms with E-state index in [0.29, 0.717) is 35.7 Å². The van der Waals surface area contributed by atoms with Crippen LogP contribution in [0, 0.1) is 6.92 Å². The lowest BCUT2D eigenvalue weighted by Gasteiger charge is -2.28. The van der Waals surface area contributed by atoms with Crippen LogP contribution in [0.4, 0.5) is 0 Å². The number of hydrogen-bond donors (Lipinski definition) is 1. The summed E-state index contributed by atoms with van der Waals surface area (Å²) >= 11 is 6.06. The topological polar surface area (TPSA) is 81.8 Å². The Balaban J connectivity index is 1.29. The summed E-state index contributed by atoms with van der Waals surface area (Å²) in [5.74, 6) is 0.0299. The first-order valence-electron chi connectivity index (χ1n) is 12.0. The van der Waals surface area contributed by atoms with Gasteiger partial charge in [0.1, 0.15) is 11.7 Å². The van der Waals surface area contributed by atoms with Gasteiger partial charge >= 0.3 is 0 Å². The molecule has 1 fully saturated rings. The zero-order valence-corrected chi connectivity index (χ0v) is 20.5. The maximum atomic E-state index is 13.3. The number of rotatable bonds is 7. The van der Waals surface area contributed by atoms with Crippen molar-refractivity contribution < 1.29 is 4.79 Å². The molecule has 0 bridgehead atoms. The van der Waals surface area contributed by atoms with Crippen molar-refractivity contribution in [2.75, 3.05) is 6.54 Å². The minimum atomic E-state index is -0.516. The van der Waals surface area contributed by atoms with Gasteiger partial charge in [-0.25, -0.2) is 9.67 Å². The Morgan fingerprint density at radius 3 is 2.60 bits per heavy atom. The highest BCUT2D eigenvalue weighted by molar-refractivity contribution is 6.30. The second-order valence-electron chi connectivity index (χ2n) is 9.26. The summed E-state index contributed by atoms with van der Waals surface area (Å²) in [6, 6.07) is 15.6. The van der Waals surface area contributed by atoms with Crippen LogP contribution in [0.25, 0.3) is 11.0 Å². The third-order valence-corrected chi connectivity index (χ3v) is 7.37. The highest BCUT2D eigenvalue weighted by Gasteiger charge is 2.42. The Morgan fingerprint density at radius 2 is 1.86 bits per heavy atom. The number of amides is 1. The van der Waals surface area contributed by atoms with Crippen molar-refractivity contribution in [3.63, 3.8) is 0 Å². The molecule has 1 amide bonds. The normalized spacial score (nSPS) is 14.9. The molecule has 1 aliphatic carbocycles. The molecular weight excluding hydrogens is 462 g/mol. The fraction of sp³-hybridized carbons (Fsp3) is 0.333. The van der Waals surface area contributed by atoms with E-state index in [0.717, 1.165) is 42.4 Å². The van der Waals surface area contributed by atoms with Gasteiger partial charge in [0, 0.05) is 11.6 Å². The molecule has 180 valence electrons. The third-order valence-electron chi connectivity index (χ3n) is 7.12. The van der Waals surface area contributed by atoms with Crippen molar-refractivity contribution in [2.24, 2.45) is 0 Å². The molecule has 8 heteroatoms. The number of nitrogens with zero attached hydrogens (tertiary/aromatic N) is 4. The number of hydrogen-bond acceptors (Lipinski definition) is 4. The molecule has 7 nitrogen and oxygen atoms in total. The summed E-state index contributed by atoms with van der Waals surface area (Å²) in [7, 11) is 0. The highest BCUT2D eigenvalue weighted by atomic mass is 35.5. The molecule has 2 aromatic carbocycles. The fourth-order valence-electron chi connectivity index (χ4n) is 5.08. The van der Waals surface area contributed by atoms with E-state index in [-0.39, 0.29) is 11.5 Å². The number of aromatic nitrogens is 4. The van der Waals surface area contributed by atoms with Gasteiger partial charge in [0.25, 0.3) is 5.56 Å². The van der Waals surface area contributed by atoms with E-state index >= 15 is 0 Å². The van der Waals surface area contributed by atoms with Crippen LogP contribution in [0.2, 0.25) is 5.02 Å². The van der Waals surface area contributed by atoms with Gasteiger partial charge in [-0.1, -0.05) is 60.8 Å². The van der Waals surface area contributed by atoms with Crippen LogP contribution < -0.4 is 10.9 Å². The summed E-state index contributed by atoms with van der Waals surface area (Å²) in [5, 5.41) is 8.62. The monoisotopic (exact) mass is 489 g/mol. The van der Waals surface area contributed by atoms with Crippen LogP contribution in [0.5, 0.6) is 0 Å². The number of halogens is 1. The SMILES string of the molecule is Cc1ccccc1Cn1cnc2c(cnn2CCNC(=O)C2(c3ccc(Cl)cc3)CCCC2)c1=O. The summed E-state index contributed by atoms with van der Waals surface area (Å²) in [6.07, 6.45) is 6.84. The molecule has 1 aliphatic rings. The van der Waals surface area contributed by atoms with Gasteiger partial charge in [0.05, 0.1) is 24.7 Å². The Morgan fingerprint density at radius 1 is 1.11 bits per heavy atom. The molecule has 0 spiro atoms. The zero-order valence-electron chi connectivity index (χ0n) is 19.7. The molecule has 4 aromatic rings. The van der Waals surface area contributed by atoms with E-state index in [2.05, 4.69) is 15.4 Å². The molecular formula is C27H28ClN5O2. The van der Waals surface area contributed by atoms with Crippen molar-refractivity contribution in [3.8, 4) is 0 Å². The molecule has 0 aliphatic heterocycles. The second-order valence-corrected chi connectivity index (χ2v) is 9.70. The summed E-state index contributed by atoms with van der Waals surface area (Å²) in [4.78, 5) is 30.8. The number of carbonyl (C=O) groups excluding carboxylic acids is 1. The van der Waals surface area contributed by atoms with Gasteiger partial charge in [0.2, 0.25) is 5.91 Å². The van der Waals surface area contributed by atoms with Crippen molar-refractivity contribution in [3.05, 3.63) is 93.1 Å². The first-order valence-corrected chi connectivity index (χ1v) is 12.4. The van der Waals surface area contributed by atoms with Crippen LogP contribution in [0.1, 0.15) is 42.4 Å². The van der Waals surface area contributed by atoms with E-state index in [4.69, 9.17) is 11.6 Å². The van der Waals surface area contributed by atoms with Gasteiger partial charge in [-0.2, -0.15) is 5.10 Å². The van der Waals surface area contributed by atoms with Gasteiger partial charge in [-0.05, 0) is 48.6 Å². The van der Waals surface area contributed by atoms with Crippen LogP contribution in [0.15, 0.2) is 65.8 Å². The largest absolute Gasteiger partial charge is 0.353 e. The van der Waals surface area contributed by atoms with Crippen molar-refractivity contribution >= 4 is 28.5 Å². The van der Waals surface area contributed by atoms with Crippen LogP contribution >= 0.6 is 11.6 Å². The molecule has 1 N–H and O–H groups in total. The van der Waals surface area contributed by atoms with Gasteiger partial charge in [0.15, 0.2) is 5.65 Å². The molecule has 0 unspecified atom stereocenters. The van der Waals surface area contributed by atoms with Crippen molar-refractivity contribution in [2.45, 2.75) is 51.1 Å². The maximum absolute atomic E-state index is 13.3. The molecule has 0 saturated heterocycles. The first kappa shape index (κ1) is 23.3. The van der Waals surface area contributed by atoms with Gasteiger partial charge in [-0.15, -0.1) is 0 Å². The Labute approximate surface area is 208 Å². The van der Waals surface area contributed by atoms with Gasteiger partial charge < -0.3 is 5.32 Å². The number of fused-ring (bicyclic) bond motifs is 1. The van der Waals surface area contributed by atoms with E-state index in [9.17, 15) is 9.59 Å². The molecule has 0 radical (unpaired) electrons. The van der Waals surface area contributed by atoms with Crippen LogP contribution in [-0.4, -0.2) is 31.8 Å². The quantitative estimate of drug-likeness (QED) is 0.421. The Kier molecular flexibility index (Phi) is 6.43.